The van der Waals surface area contributed by atoms with E-state index in [1.807, 2.05) is 6.92 Å². The first kappa shape index (κ1) is 21.8. The van der Waals surface area contributed by atoms with Crippen molar-refractivity contribution in [2.24, 2.45) is 0 Å². The second-order valence-electron chi connectivity index (χ2n) is 8.17. The number of aromatic nitrogens is 1. The highest BCUT2D eigenvalue weighted by Crippen LogP contribution is 2.38. The second-order valence-corrected chi connectivity index (χ2v) is 9.69. The maximum Gasteiger partial charge on any atom is 0.342 e. The van der Waals surface area contributed by atoms with E-state index in [1.165, 1.54) is 5.56 Å². The van der Waals surface area contributed by atoms with Crippen molar-refractivity contribution in [1.82, 2.24) is 9.47 Å². The maximum atomic E-state index is 14.1. The predicted molar refractivity (Wildman–Crippen MR) is 116 cm³/mol. The van der Waals surface area contributed by atoms with Crippen molar-refractivity contribution in [3.05, 3.63) is 59.3 Å². The highest BCUT2D eigenvalue weighted by atomic mass is 32.2. The number of rotatable bonds is 5. The van der Waals surface area contributed by atoms with Crippen LogP contribution in [0.25, 0.3) is 10.9 Å². The molecule has 1 aromatic heterocycles. The Labute approximate surface area is 181 Å². The fraction of sp³-hybridized carbons (Fsp3) is 0.391. The van der Waals surface area contributed by atoms with Gasteiger partial charge in [-0.05, 0) is 88.1 Å². The summed E-state index contributed by atoms with van der Waals surface area (Å²) in [5.41, 5.74) is 3.08. The summed E-state index contributed by atoms with van der Waals surface area (Å²) in [6.45, 7) is 6.77. The van der Waals surface area contributed by atoms with Crippen LogP contribution in [0.5, 0.6) is 5.75 Å². The molecule has 0 saturated carbocycles. The topological polar surface area (TPSA) is 51.5 Å². The smallest absolute Gasteiger partial charge is 0.342 e. The van der Waals surface area contributed by atoms with Crippen LogP contribution in [-0.2, 0) is 16.7 Å². The highest BCUT2D eigenvalue weighted by molar-refractivity contribution is 7.87. The third-order valence-electron chi connectivity index (χ3n) is 6.06. The van der Waals surface area contributed by atoms with Gasteiger partial charge < -0.3 is 13.7 Å². The first-order valence-electron chi connectivity index (χ1n) is 10.4. The summed E-state index contributed by atoms with van der Waals surface area (Å²) in [7, 11) is -2.41. The molecule has 0 amide bonds. The number of piperidine rings is 1. The SMILES string of the molecule is CCn1cc(C2CCN(C)CC2)c2cc(OS(=O)(=O)c3cccc(F)c3F)cc(C)c21. The fourth-order valence-corrected chi connectivity index (χ4v) is 5.44. The lowest BCUT2D eigenvalue weighted by molar-refractivity contribution is 0.256. The van der Waals surface area contributed by atoms with E-state index >= 15 is 0 Å². The molecule has 0 bridgehead atoms. The van der Waals surface area contributed by atoms with Crippen molar-refractivity contribution in [2.75, 3.05) is 20.1 Å². The Bertz CT molecular complexity index is 1230. The third-order valence-corrected chi connectivity index (χ3v) is 7.32. The number of hydrogen-bond donors (Lipinski definition) is 0. The molecule has 8 heteroatoms. The van der Waals surface area contributed by atoms with Gasteiger partial charge in [0.05, 0.1) is 5.52 Å². The molecule has 31 heavy (non-hydrogen) atoms. The van der Waals surface area contributed by atoms with E-state index in [1.54, 1.807) is 12.1 Å². The van der Waals surface area contributed by atoms with Gasteiger partial charge in [0.25, 0.3) is 0 Å². The number of nitrogens with zero attached hydrogens (tertiary/aromatic N) is 2. The Balaban J connectivity index is 1.77. The lowest BCUT2D eigenvalue weighted by Gasteiger charge is -2.28. The summed E-state index contributed by atoms with van der Waals surface area (Å²) in [5, 5.41) is 0.946. The van der Waals surface area contributed by atoms with Gasteiger partial charge in [-0.15, -0.1) is 0 Å². The Morgan fingerprint density at radius 3 is 2.55 bits per heavy atom. The number of aryl methyl sites for hydroxylation is 2. The molecule has 1 aliphatic heterocycles. The Morgan fingerprint density at radius 1 is 1.16 bits per heavy atom. The van der Waals surface area contributed by atoms with Crippen molar-refractivity contribution >= 4 is 21.0 Å². The molecule has 0 aliphatic carbocycles. The van der Waals surface area contributed by atoms with E-state index in [-0.39, 0.29) is 5.75 Å². The van der Waals surface area contributed by atoms with Crippen LogP contribution >= 0.6 is 0 Å². The third kappa shape index (κ3) is 4.06. The molecule has 1 aliphatic rings. The van der Waals surface area contributed by atoms with E-state index in [0.717, 1.165) is 67.1 Å². The van der Waals surface area contributed by atoms with Crippen molar-refractivity contribution in [1.29, 1.82) is 0 Å². The fourth-order valence-electron chi connectivity index (χ4n) is 4.44. The Hall–Kier alpha value is -2.45. The molecular formula is C23H26F2N2O3S. The van der Waals surface area contributed by atoms with Gasteiger partial charge in [-0.2, -0.15) is 8.42 Å². The summed E-state index contributed by atoms with van der Waals surface area (Å²) in [6.07, 6.45) is 4.20. The summed E-state index contributed by atoms with van der Waals surface area (Å²) in [5.74, 6) is -2.21. The summed E-state index contributed by atoms with van der Waals surface area (Å²) in [4.78, 5) is 1.49. The minimum atomic E-state index is -4.52. The number of hydrogen-bond acceptors (Lipinski definition) is 4. The molecule has 0 unspecified atom stereocenters. The number of likely N-dealkylation sites (tertiary alicyclic amines) is 1. The van der Waals surface area contributed by atoms with Gasteiger partial charge >= 0.3 is 10.1 Å². The number of benzene rings is 2. The van der Waals surface area contributed by atoms with Crippen molar-refractivity contribution in [3.63, 3.8) is 0 Å². The molecule has 3 aromatic rings. The highest BCUT2D eigenvalue weighted by Gasteiger charge is 2.26. The largest absolute Gasteiger partial charge is 0.379 e. The van der Waals surface area contributed by atoms with Crippen molar-refractivity contribution in [2.45, 2.75) is 44.0 Å². The van der Waals surface area contributed by atoms with Crippen molar-refractivity contribution in [3.8, 4) is 5.75 Å². The molecule has 2 aromatic carbocycles. The Kier molecular flexibility index (Phi) is 5.79. The summed E-state index contributed by atoms with van der Waals surface area (Å²) < 4.78 is 60.4. The molecule has 5 nitrogen and oxygen atoms in total. The lowest BCUT2D eigenvalue weighted by atomic mass is 9.89. The van der Waals surface area contributed by atoms with E-state index in [0.29, 0.717) is 5.92 Å². The number of fused-ring (bicyclic) bond motifs is 1. The summed E-state index contributed by atoms with van der Waals surface area (Å²) in [6, 6.07) is 6.34. The molecule has 0 N–H and O–H groups in total. The average molecular weight is 449 g/mol. The van der Waals surface area contributed by atoms with Gasteiger partial charge in [0.15, 0.2) is 11.6 Å². The van der Waals surface area contributed by atoms with Crippen LogP contribution in [0, 0.1) is 18.6 Å². The van der Waals surface area contributed by atoms with Crippen LogP contribution in [0.4, 0.5) is 8.78 Å². The minimum Gasteiger partial charge on any atom is -0.379 e. The van der Waals surface area contributed by atoms with Gasteiger partial charge in [-0.1, -0.05) is 6.07 Å². The van der Waals surface area contributed by atoms with Gasteiger partial charge in [-0.25, -0.2) is 8.78 Å². The zero-order valence-corrected chi connectivity index (χ0v) is 18.7. The number of halogens is 2. The Morgan fingerprint density at radius 2 is 1.87 bits per heavy atom. The van der Waals surface area contributed by atoms with Gasteiger partial charge in [0, 0.05) is 18.1 Å². The molecule has 0 radical (unpaired) electrons. The average Bonchev–Trinajstić information content (AvgIpc) is 3.09. The van der Waals surface area contributed by atoms with Crippen LogP contribution < -0.4 is 4.18 Å². The van der Waals surface area contributed by atoms with E-state index in [2.05, 4.69) is 29.6 Å². The van der Waals surface area contributed by atoms with E-state index in [9.17, 15) is 17.2 Å². The van der Waals surface area contributed by atoms with Gasteiger partial charge in [-0.3, -0.25) is 0 Å². The van der Waals surface area contributed by atoms with Crippen molar-refractivity contribution < 1.29 is 21.4 Å². The van der Waals surface area contributed by atoms with Crippen LogP contribution in [0.2, 0.25) is 0 Å². The molecule has 0 atom stereocenters. The normalized spacial score (nSPS) is 16.2. The molecule has 1 saturated heterocycles. The molecule has 2 heterocycles. The van der Waals surface area contributed by atoms with E-state index in [4.69, 9.17) is 4.18 Å². The molecular weight excluding hydrogens is 422 g/mol. The zero-order valence-electron chi connectivity index (χ0n) is 17.9. The standard InChI is InChI=1S/C23H26F2N2O3S/c1-4-27-14-19(16-8-10-26(3)11-9-16)18-13-17(12-15(2)23(18)27)30-31(28,29)21-7-5-6-20(24)22(21)25/h5-7,12-14,16H,4,8-11H2,1-3H3. The zero-order chi connectivity index (χ0) is 22.3. The summed E-state index contributed by atoms with van der Waals surface area (Å²) >= 11 is 0. The molecule has 0 spiro atoms. The van der Waals surface area contributed by atoms with Crippen LogP contribution in [-0.4, -0.2) is 38.0 Å². The molecule has 166 valence electrons. The maximum absolute atomic E-state index is 14.1. The van der Waals surface area contributed by atoms with Crippen LogP contribution in [0.3, 0.4) is 0 Å². The first-order valence-corrected chi connectivity index (χ1v) is 11.8. The predicted octanol–water partition coefficient (Wildman–Crippen LogP) is 4.82. The molecule has 1 fully saturated rings. The van der Waals surface area contributed by atoms with E-state index < -0.39 is 26.6 Å². The molecule has 4 rings (SSSR count). The second kappa shape index (κ2) is 8.24. The van der Waals surface area contributed by atoms with Gasteiger partial charge in [0.2, 0.25) is 0 Å². The van der Waals surface area contributed by atoms with Gasteiger partial charge in [0.1, 0.15) is 10.6 Å². The van der Waals surface area contributed by atoms with Crippen LogP contribution in [0.15, 0.2) is 41.4 Å². The first-order chi connectivity index (χ1) is 14.7. The minimum absolute atomic E-state index is 0.0942. The van der Waals surface area contributed by atoms with Crippen LogP contribution in [0.1, 0.15) is 36.8 Å². The quantitative estimate of drug-likeness (QED) is 0.525. The monoisotopic (exact) mass is 448 g/mol. The lowest BCUT2D eigenvalue weighted by Crippen LogP contribution is -2.29.